The van der Waals surface area contributed by atoms with Gasteiger partial charge >= 0.3 is 6.03 Å². The zero-order valence-corrected chi connectivity index (χ0v) is 7.35. The maximum atomic E-state index is 10.9. The summed E-state index contributed by atoms with van der Waals surface area (Å²) in [5.74, 6) is 0.513. The molecular weight excluding hydrogens is 140 g/mol. The Morgan fingerprint density at radius 3 is 2.45 bits per heavy atom. The van der Waals surface area contributed by atoms with Gasteiger partial charge in [0, 0.05) is 0 Å². The predicted molar refractivity (Wildman–Crippen MR) is 44.4 cm³/mol. The van der Waals surface area contributed by atoms with Gasteiger partial charge in [-0.15, -0.1) is 0 Å². The highest BCUT2D eigenvalue weighted by molar-refractivity contribution is 5.77. The Bertz CT molecular complexity index is 156. The first-order valence-corrected chi connectivity index (χ1v) is 4.22. The van der Waals surface area contributed by atoms with Crippen molar-refractivity contribution in [3.05, 3.63) is 0 Å². The molecule has 1 aliphatic heterocycles. The molecule has 1 rings (SSSR count). The first-order valence-electron chi connectivity index (χ1n) is 4.22. The minimum absolute atomic E-state index is 0.0180. The molecule has 11 heavy (non-hydrogen) atoms. The molecule has 3 heteroatoms. The standard InChI is InChI=1S/C8H16N2O/c1-4-6-7(5(2)3)10-8(11)9-6/h5-7H,4H2,1-3H3,(H2,9,10,11). The lowest BCUT2D eigenvalue weighted by atomic mass is 9.97. The molecule has 0 bridgehead atoms. The smallest absolute Gasteiger partial charge is 0.315 e. The molecule has 1 heterocycles. The zero-order valence-electron chi connectivity index (χ0n) is 7.35. The Morgan fingerprint density at radius 1 is 1.45 bits per heavy atom. The van der Waals surface area contributed by atoms with Crippen molar-refractivity contribution in [2.45, 2.75) is 39.3 Å². The second kappa shape index (κ2) is 3.11. The van der Waals surface area contributed by atoms with Crippen LogP contribution in [0.25, 0.3) is 0 Å². The number of urea groups is 1. The largest absolute Gasteiger partial charge is 0.333 e. The summed E-state index contributed by atoms with van der Waals surface area (Å²) < 4.78 is 0. The molecule has 0 aromatic heterocycles. The van der Waals surface area contributed by atoms with E-state index in [1.807, 2.05) is 0 Å². The van der Waals surface area contributed by atoms with E-state index in [4.69, 9.17) is 0 Å². The summed E-state index contributed by atoms with van der Waals surface area (Å²) in [6, 6.07) is 0.616. The zero-order chi connectivity index (χ0) is 8.43. The SMILES string of the molecule is CCC1NC(=O)NC1C(C)C. The predicted octanol–water partition coefficient (Wildman–Crippen LogP) is 1.10. The highest BCUT2D eigenvalue weighted by Gasteiger charge is 2.31. The fraction of sp³-hybridized carbons (Fsp3) is 0.875. The minimum atomic E-state index is -0.0180. The normalized spacial score (nSPS) is 30.4. The van der Waals surface area contributed by atoms with Crippen molar-refractivity contribution in [2.75, 3.05) is 0 Å². The number of amides is 2. The molecular formula is C8H16N2O. The lowest BCUT2D eigenvalue weighted by Gasteiger charge is -2.19. The first kappa shape index (κ1) is 8.37. The van der Waals surface area contributed by atoms with Crippen LogP contribution in [0.5, 0.6) is 0 Å². The van der Waals surface area contributed by atoms with Gasteiger partial charge in [-0.05, 0) is 12.3 Å². The Morgan fingerprint density at radius 2 is 2.09 bits per heavy atom. The van der Waals surface area contributed by atoms with E-state index in [9.17, 15) is 4.79 Å². The second-order valence-electron chi connectivity index (χ2n) is 3.40. The summed E-state index contributed by atoms with van der Waals surface area (Å²) in [4.78, 5) is 10.9. The van der Waals surface area contributed by atoms with Crippen molar-refractivity contribution < 1.29 is 4.79 Å². The van der Waals surface area contributed by atoms with Gasteiger partial charge in [0.05, 0.1) is 12.1 Å². The lowest BCUT2D eigenvalue weighted by molar-refractivity contribution is 0.246. The van der Waals surface area contributed by atoms with Crippen molar-refractivity contribution in [1.82, 2.24) is 10.6 Å². The molecule has 1 aliphatic rings. The minimum Gasteiger partial charge on any atom is -0.333 e. The molecule has 2 unspecified atom stereocenters. The van der Waals surface area contributed by atoms with Gasteiger partial charge in [-0.25, -0.2) is 4.79 Å². The summed E-state index contributed by atoms with van der Waals surface area (Å²) in [5, 5.41) is 5.79. The second-order valence-corrected chi connectivity index (χ2v) is 3.40. The number of carbonyl (C=O) groups is 1. The molecule has 2 atom stereocenters. The summed E-state index contributed by atoms with van der Waals surface area (Å²) >= 11 is 0. The topological polar surface area (TPSA) is 41.1 Å². The fourth-order valence-electron chi connectivity index (χ4n) is 1.54. The molecule has 0 radical (unpaired) electrons. The van der Waals surface area contributed by atoms with Gasteiger partial charge in [0.25, 0.3) is 0 Å². The summed E-state index contributed by atoms with van der Waals surface area (Å²) in [6.07, 6.45) is 1.00. The van der Waals surface area contributed by atoms with Gasteiger partial charge in [-0.3, -0.25) is 0 Å². The van der Waals surface area contributed by atoms with E-state index in [0.717, 1.165) is 6.42 Å². The summed E-state index contributed by atoms with van der Waals surface area (Å²) in [5.41, 5.74) is 0. The van der Waals surface area contributed by atoms with Crippen molar-refractivity contribution in [1.29, 1.82) is 0 Å². The van der Waals surface area contributed by atoms with Gasteiger partial charge in [0.15, 0.2) is 0 Å². The van der Waals surface area contributed by atoms with E-state index in [1.54, 1.807) is 0 Å². The fourth-order valence-corrected chi connectivity index (χ4v) is 1.54. The van der Waals surface area contributed by atoms with E-state index in [0.29, 0.717) is 18.0 Å². The third-order valence-corrected chi connectivity index (χ3v) is 2.21. The molecule has 0 aliphatic carbocycles. The van der Waals surface area contributed by atoms with Crippen LogP contribution in [0.2, 0.25) is 0 Å². The molecule has 0 saturated carbocycles. The van der Waals surface area contributed by atoms with Crippen LogP contribution in [-0.2, 0) is 0 Å². The van der Waals surface area contributed by atoms with E-state index < -0.39 is 0 Å². The van der Waals surface area contributed by atoms with Crippen LogP contribution in [0.1, 0.15) is 27.2 Å². The molecule has 1 fully saturated rings. The summed E-state index contributed by atoms with van der Waals surface area (Å²) in [7, 11) is 0. The third kappa shape index (κ3) is 1.64. The number of rotatable bonds is 2. The van der Waals surface area contributed by atoms with Crippen molar-refractivity contribution in [3.63, 3.8) is 0 Å². The Kier molecular flexibility index (Phi) is 2.37. The number of nitrogens with one attached hydrogen (secondary N) is 2. The highest BCUT2D eigenvalue weighted by Crippen LogP contribution is 2.13. The number of hydrogen-bond acceptors (Lipinski definition) is 1. The average Bonchev–Trinajstić information content (AvgIpc) is 2.30. The van der Waals surface area contributed by atoms with Gasteiger partial charge in [0.1, 0.15) is 0 Å². The maximum absolute atomic E-state index is 10.9. The lowest BCUT2D eigenvalue weighted by Crippen LogP contribution is -2.37. The molecule has 64 valence electrons. The molecule has 1 saturated heterocycles. The molecule has 0 aromatic carbocycles. The van der Waals surface area contributed by atoms with Crippen LogP contribution in [0.3, 0.4) is 0 Å². The van der Waals surface area contributed by atoms with Gasteiger partial charge in [-0.1, -0.05) is 20.8 Å². The highest BCUT2D eigenvalue weighted by atomic mass is 16.2. The van der Waals surface area contributed by atoms with E-state index >= 15 is 0 Å². The average molecular weight is 156 g/mol. The first-order chi connectivity index (χ1) is 5.15. The van der Waals surface area contributed by atoms with Crippen molar-refractivity contribution in [2.24, 2.45) is 5.92 Å². The van der Waals surface area contributed by atoms with Crippen LogP contribution >= 0.6 is 0 Å². The molecule has 3 nitrogen and oxygen atoms in total. The Balaban J connectivity index is 2.57. The summed E-state index contributed by atoms with van der Waals surface area (Å²) in [6.45, 7) is 6.34. The van der Waals surface area contributed by atoms with Crippen LogP contribution in [0.4, 0.5) is 4.79 Å². The maximum Gasteiger partial charge on any atom is 0.315 e. The van der Waals surface area contributed by atoms with Crippen LogP contribution in [0, 0.1) is 5.92 Å². The number of carbonyl (C=O) groups excluding carboxylic acids is 1. The van der Waals surface area contributed by atoms with Gasteiger partial charge < -0.3 is 10.6 Å². The van der Waals surface area contributed by atoms with Crippen molar-refractivity contribution in [3.8, 4) is 0 Å². The molecule has 0 spiro atoms. The molecule has 2 amide bonds. The quantitative estimate of drug-likeness (QED) is 0.617. The van der Waals surface area contributed by atoms with Crippen LogP contribution < -0.4 is 10.6 Å². The van der Waals surface area contributed by atoms with E-state index in [-0.39, 0.29) is 6.03 Å². The van der Waals surface area contributed by atoms with Crippen LogP contribution in [-0.4, -0.2) is 18.1 Å². The van der Waals surface area contributed by atoms with Crippen molar-refractivity contribution >= 4 is 6.03 Å². The number of hydrogen-bond donors (Lipinski definition) is 2. The van der Waals surface area contributed by atoms with Crippen LogP contribution in [0.15, 0.2) is 0 Å². The molecule has 0 aromatic rings. The third-order valence-electron chi connectivity index (χ3n) is 2.21. The monoisotopic (exact) mass is 156 g/mol. The van der Waals surface area contributed by atoms with E-state index in [1.165, 1.54) is 0 Å². The Hall–Kier alpha value is -0.730. The van der Waals surface area contributed by atoms with Gasteiger partial charge in [-0.2, -0.15) is 0 Å². The Labute approximate surface area is 67.5 Å². The molecule has 2 N–H and O–H groups in total. The van der Waals surface area contributed by atoms with Gasteiger partial charge in [0.2, 0.25) is 0 Å². The van der Waals surface area contributed by atoms with E-state index in [2.05, 4.69) is 31.4 Å².